The van der Waals surface area contributed by atoms with Crippen molar-refractivity contribution < 1.29 is 19.5 Å². The largest absolute Gasteiger partial charge is 0.480 e. The highest BCUT2D eigenvalue weighted by Crippen LogP contribution is 2.21. The van der Waals surface area contributed by atoms with Gasteiger partial charge in [-0.25, -0.2) is 4.79 Å². The van der Waals surface area contributed by atoms with Gasteiger partial charge < -0.3 is 15.7 Å². The molecule has 0 radical (unpaired) electrons. The summed E-state index contributed by atoms with van der Waals surface area (Å²) in [4.78, 5) is 35.6. The molecule has 0 spiro atoms. The fourth-order valence-electron chi connectivity index (χ4n) is 1.76. The molecule has 3 N–H and O–H groups in total. The summed E-state index contributed by atoms with van der Waals surface area (Å²) in [5.74, 6) is -1.83. The first-order valence-corrected chi connectivity index (χ1v) is 8.41. The number of halogens is 1. The monoisotopic (exact) mass is 390 g/mol. The van der Waals surface area contributed by atoms with Crippen LogP contribution in [0.25, 0.3) is 0 Å². The lowest BCUT2D eigenvalue weighted by molar-refractivity contribution is -0.142. The predicted molar refractivity (Wildman–Crippen MR) is 88.0 cm³/mol. The lowest BCUT2D eigenvalue weighted by Gasteiger charge is -2.19. The molecular weight excluding hydrogens is 372 g/mol. The molecule has 0 aliphatic heterocycles. The normalized spacial score (nSPS) is 13.5. The van der Waals surface area contributed by atoms with Crippen LogP contribution in [0.2, 0.25) is 0 Å². The Morgan fingerprint density at radius 3 is 2.32 bits per heavy atom. The summed E-state index contributed by atoms with van der Waals surface area (Å²) in [6.45, 7) is 5.27. The van der Waals surface area contributed by atoms with Gasteiger partial charge in [0.1, 0.15) is 12.1 Å². The van der Waals surface area contributed by atoms with E-state index in [-0.39, 0.29) is 11.8 Å². The van der Waals surface area contributed by atoms with Gasteiger partial charge in [0.05, 0.1) is 8.66 Å². The predicted octanol–water partition coefficient (Wildman–Crippen LogP) is 2.24. The third-order valence-electron chi connectivity index (χ3n) is 2.86. The zero-order valence-electron chi connectivity index (χ0n) is 12.6. The Hall–Kier alpha value is -1.41. The molecule has 0 aliphatic carbocycles. The van der Waals surface area contributed by atoms with Gasteiger partial charge in [0.25, 0.3) is 5.91 Å². The quantitative estimate of drug-likeness (QED) is 0.664. The Morgan fingerprint density at radius 1 is 1.23 bits per heavy atom. The third kappa shape index (κ3) is 5.76. The van der Waals surface area contributed by atoms with Crippen molar-refractivity contribution in [1.82, 2.24) is 10.6 Å². The number of hydrogen-bond donors (Lipinski definition) is 3. The molecule has 0 saturated heterocycles. The van der Waals surface area contributed by atoms with Gasteiger partial charge in [-0.2, -0.15) is 0 Å². The molecule has 6 nitrogen and oxygen atoms in total. The number of carbonyl (C=O) groups excluding carboxylic acids is 2. The van der Waals surface area contributed by atoms with Crippen LogP contribution in [0.1, 0.15) is 36.9 Å². The molecule has 122 valence electrons. The van der Waals surface area contributed by atoms with Crippen molar-refractivity contribution in [3.8, 4) is 0 Å². The second kappa shape index (κ2) is 8.28. The average Bonchev–Trinajstić information content (AvgIpc) is 2.83. The highest BCUT2D eigenvalue weighted by atomic mass is 79.9. The van der Waals surface area contributed by atoms with E-state index in [2.05, 4.69) is 26.6 Å². The van der Waals surface area contributed by atoms with Gasteiger partial charge in [-0.3, -0.25) is 9.59 Å². The molecule has 8 heteroatoms. The molecule has 1 heterocycles. The van der Waals surface area contributed by atoms with E-state index in [0.717, 1.165) is 3.79 Å². The van der Waals surface area contributed by atoms with Gasteiger partial charge in [-0.05, 0) is 47.3 Å². The van der Waals surface area contributed by atoms with Crippen molar-refractivity contribution in [1.29, 1.82) is 0 Å². The Kier molecular flexibility index (Phi) is 7.02. The van der Waals surface area contributed by atoms with Crippen molar-refractivity contribution in [2.75, 3.05) is 0 Å². The second-order valence-electron chi connectivity index (χ2n) is 5.33. The molecule has 1 aromatic rings. The molecule has 0 aromatic carbocycles. The molecule has 22 heavy (non-hydrogen) atoms. The van der Waals surface area contributed by atoms with E-state index in [9.17, 15) is 14.4 Å². The van der Waals surface area contributed by atoms with Gasteiger partial charge in [-0.1, -0.05) is 13.8 Å². The molecule has 1 rings (SSSR count). The molecule has 1 aromatic heterocycles. The van der Waals surface area contributed by atoms with Crippen LogP contribution in [0.4, 0.5) is 0 Å². The number of rotatable bonds is 7. The first-order valence-electron chi connectivity index (χ1n) is 6.80. The van der Waals surface area contributed by atoms with Crippen LogP contribution in [-0.2, 0) is 9.59 Å². The molecule has 1 unspecified atom stereocenters. The van der Waals surface area contributed by atoms with Crippen molar-refractivity contribution >= 4 is 45.1 Å². The van der Waals surface area contributed by atoms with E-state index < -0.39 is 24.0 Å². The minimum Gasteiger partial charge on any atom is -0.480 e. The maximum Gasteiger partial charge on any atom is 0.326 e. The van der Waals surface area contributed by atoms with Crippen molar-refractivity contribution in [2.45, 2.75) is 39.3 Å². The SMILES string of the molecule is CC(C)C[C@@H](NC(=O)C(C)NC(=O)c1ccc(Br)s1)C(=O)O. The number of nitrogens with one attached hydrogen (secondary N) is 2. The van der Waals surface area contributed by atoms with E-state index in [1.54, 1.807) is 12.1 Å². The second-order valence-corrected chi connectivity index (χ2v) is 7.79. The highest BCUT2D eigenvalue weighted by molar-refractivity contribution is 9.11. The van der Waals surface area contributed by atoms with Crippen molar-refractivity contribution in [3.63, 3.8) is 0 Å². The van der Waals surface area contributed by atoms with Gasteiger partial charge in [-0.15, -0.1) is 11.3 Å². The van der Waals surface area contributed by atoms with Gasteiger partial charge in [0, 0.05) is 0 Å². The number of carboxylic acids is 1. The maximum atomic E-state index is 12.0. The minimum absolute atomic E-state index is 0.134. The number of aliphatic carboxylic acids is 1. The van der Waals surface area contributed by atoms with E-state index in [0.29, 0.717) is 11.3 Å². The van der Waals surface area contributed by atoms with E-state index in [4.69, 9.17) is 5.11 Å². The number of hydrogen-bond acceptors (Lipinski definition) is 4. The molecule has 0 saturated carbocycles. The molecular formula is C14H19BrN2O4S. The lowest BCUT2D eigenvalue weighted by Crippen LogP contribution is -2.50. The fraction of sp³-hybridized carbons (Fsp3) is 0.500. The van der Waals surface area contributed by atoms with E-state index in [1.165, 1.54) is 18.3 Å². The highest BCUT2D eigenvalue weighted by Gasteiger charge is 2.25. The van der Waals surface area contributed by atoms with Gasteiger partial charge in [0.2, 0.25) is 5.91 Å². The van der Waals surface area contributed by atoms with Crippen LogP contribution in [0.5, 0.6) is 0 Å². The summed E-state index contributed by atoms with van der Waals surface area (Å²) < 4.78 is 0.817. The zero-order valence-corrected chi connectivity index (χ0v) is 15.0. The van der Waals surface area contributed by atoms with E-state index in [1.807, 2.05) is 13.8 Å². The lowest BCUT2D eigenvalue weighted by atomic mass is 10.0. The fourth-order valence-corrected chi connectivity index (χ4v) is 3.05. The summed E-state index contributed by atoms with van der Waals surface area (Å²) in [6, 6.07) is 1.62. The van der Waals surface area contributed by atoms with Crippen molar-refractivity contribution in [2.24, 2.45) is 5.92 Å². The van der Waals surface area contributed by atoms with Gasteiger partial charge in [0.15, 0.2) is 0 Å². The third-order valence-corrected chi connectivity index (χ3v) is 4.48. The summed E-state index contributed by atoms with van der Waals surface area (Å²) in [5.41, 5.74) is 0. The van der Waals surface area contributed by atoms with Crippen LogP contribution in [-0.4, -0.2) is 35.0 Å². The van der Waals surface area contributed by atoms with Crippen LogP contribution < -0.4 is 10.6 Å². The Morgan fingerprint density at radius 2 is 1.86 bits per heavy atom. The molecule has 2 atom stereocenters. The van der Waals surface area contributed by atoms with Crippen LogP contribution in [0, 0.1) is 5.92 Å². The summed E-state index contributed by atoms with van der Waals surface area (Å²) in [5, 5.41) is 14.1. The molecule has 0 aliphatic rings. The number of thiophene rings is 1. The first kappa shape index (κ1) is 18.6. The number of carboxylic acid groups (broad SMARTS) is 1. The number of amides is 2. The molecule has 2 amide bonds. The first-order chi connectivity index (χ1) is 10.2. The Labute approximate surface area is 141 Å². The van der Waals surface area contributed by atoms with E-state index >= 15 is 0 Å². The topological polar surface area (TPSA) is 95.5 Å². The summed E-state index contributed by atoms with van der Waals surface area (Å²) in [7, 11) is 0. The number of carbonyl (C=O) groups is 3. The maximum absolute atomic E-state index is 12.0. The Balaban J connectivity index is 2.60. The molecule has 0 fully saturated rings. The Bertz CT molecular complexity index is 559. The van der Waals surface area contributed by atoms with Crippen molar-refractivity contribution in [3.05, 3.63) is 20.8 Å². The van der Waals surface area contributed by atoms with Crippen LogP contribution in [0.15, 0.2) is 15.9 Å². The minimum atomic E-state index is -1.08. The van der Waals surface area contributed by atoms with Gasteiger partial charge >= 0.3 is 5.97 Å². The summed E-state index contributed by atoms with van der Waals surface area (Å²) in [6.07, 6.45) is 0.333. The standard InChI is InChI=1S/C14H19BrN2O4S/c1-7(2)6-9(14(20)21)17-12(18)8(3)16-13(19)10-4-5-11(15)22-10/h4-5,7-9H,6H2,1-3H3,(H,16,19)(H,17,18)(H,20,21)/t8?,9-/m1/s1. The zero-order chi connectivity index (χ0) is 16.9. The molecule has 0 bridgehead atoms. The summed E-state index contributed by atoms with van der Waals surface area (Å²) >= 11 is 4.52. The average molecular weight is 391 g/mol. The van der Waals surface area contributed by atoms with Crippen LogP contribution >= 0.6 is 27.3 Å². The smallest absolute Gasteiger partial charge is 0.326 e. The van der Waals surface area contributed by atoms with Crippen LogP contribution in [0.3, 0.4) is 0 Å².